The van der Waals surface area contributed by atoms with Crippen LogP contribution in [0.3, 0.4) is 0 Å². The van der Waals surface area contributed by atoms with Gasteiger partial charge in [0.2, 0.25) is 18.0 Å². The summed E-state index contributed by atoms with van der Waals surface area (Å²) < 4.78 is 7.22. The Hall–Kier alpha value is -3.51. The molecule has 0 N–H and O–H groups in total. The average molecular weight is 472 g/mol. The molecule has 1 aliphatic heterocycles. The van der Waals surface area contributed by atoms with Crippen molar-refractivity contribution in [1.82, 2.24) is 9.99 Å². The van der Waals surface area contributed by atoms with E-state index in [9.17, 15) is 4.79 Å². The van der Waals surface area contributed by atoms with Crippen molar-refractivity contribution in [2.24, 2.45) is 5.10 Å². The summed E-state index contributed by atoms with van der Waals surface area (Å²) in [6.45, 7) is 1.49. The number of para-hydroxylation sites is 1. The van der Waals surface area contributed by atoms with Crippen molar-refractivity contribution >= 4 is 38.6 Å². The summed E-state index contributed by atoms with van der Waals surface area (Å²) in [6.07, 6.45) is -0.675. The molecule has 0 saturated heterocycles. The number of pyridine rings is 1. The number of fused-ring (bicyclic) bond motifs is 1. The summed E-state index contributed by atoms with van der Waals surface area (Å²) in [5.74, 6) is 0.217. The van der Waals surface area contributed by atoms with Gasteiger partial charge in [0, 0.05) is 33.5 Å². The number of rotatable bonds is 3. The summed E-state index contributed by atoms with van der Waals surface area (Å²) >= 11 is 3.44. The Labute approximate surface area is 188 Å². The van der Waals surface area contributed by atoms with Crippen molar-refractivity contribution in [3.05, 3.63) is 101 Å². The van der Waals surface area contributed by atoms with Gasteiger partial charge >= 0.3 is 0 Å². The fourth-order valence-corrected chi connectivity index (χ4v) is 3.91. The van der Waals surface area contributed by atoms with Gasteiger partial charge < -0.3 is 4.74 Å². The number of hydrogen-bond donors (Lipinski definition) is 0. The van der Waals surface area contributed by atoms with E-state index in [-0.39, 0.29) is 5.91 Å². The van der Waals surface area contributed by atoms with Crippen LogP contribution >= 0.6 is 15.9 Å². The lowest BCUT2D eigenvalue weighted by Gasteiger charge is -2.21. The van der Waals surface area contributed by atoms with E-state index in [1.807, 2.05) is 84.9 Å². The van der Waals surface area contributed by atoms with E-state index in [0.29, 0.717) is 5.90 Å². The molecule has 4 aromatic rings. The van der Waals surface area contributed by atoms with E-state index in [2.05, 4.69) is 21.0 Å². The van der Waals surface area contributed by atoms with Crippen LogP contribution in [0.25, 0.3) is 22.2 Å². The predicted molar refractivity (Wildman–Crippen MR) is 124 cm³/mol. The Morgan fingerprint density at radius 1 is 0.935 bits per heavy atom. The standard InChI is InChI=1S/C25H18BrN3O2/c1-16(30)29-25(31-24(28-29)18-11-13-19(26)14-12-18)21-15-23(17-7-3-2-4-8-17)27-22-10-6-5-9-20(21)22/h2-15,25H,1H3/t25-/m1/s1. The molecule has 1 aromatic heterocycles. The minimum Gasteiger partial charge on any atom is -0.446 e. The first-order valence-electron chi connectivity index (χ1n) is 9.86. The SMILES string of the molecule is CC(=O)N1N=C(c2ccc(Br)cc2)O[C@@H]1c1cc(-c2ccccc2)nc2ccccc12. The minimum atomic E-state index is -0.675. The van der Waals surface area contributed by atoms with E-state index in [1.54, 1.807) is 0 Å². The highest BCUT2D eigenvalue weighted by Crippen LogP contribution is 2.36. The third-order valence-electron chi connectivity index (χ3n) is 5.14. The molecule has 0 spiro atoms. The van der Waals surface area contributed by atoms with Crippen LogP contribution in [0, 0.1) is 0 Å². The van der Waals surface area contributed by atoms with Crippen LogP contribution in [-0.4, -0.2) is 21.8 Å². The van der Waals surface area contributed by atoms with Crippen LogP contribution in [0.4, 0.5) is 0 Å². The molecule has 0 fully saturated rings. The molecular formula is C25H18BrN3O2. The maximum Gasteiger partial charge on any atom is 0.243 e. The van der Waals surface area contributed by atoms with Gasteiger partial charge in [-0.1, -0.05) is 64.5 Å². The Balaban J connectivity index is 1.64. The molecule has 2 heterocycles. The third kappa shape index (κ3) is 3.70. The molecule has 1 aliphatic rings. The van der Waals surface area contributed by atoms with Crippen LogP contribution in [0.1, 0.15) is 24.3 Å². The van der Waals surface area contributed by atoms with Crippen molar-refractivity contribution in [3.63, 3.8) is 0 Å². The van der Waals surface area contributed by atoms with E-state index >= 15 is 0 Å². The van der Waals surface area contributed by atoms with Crippen LogP contribution in [0.2, 0.25) is 0 Å². The topological polar surface area (TPSA) is 54.8 Å². The highest BCUT2D eigenvalue weighted by molar-refractivity contribution is 9.10. The van der Waals surface area contributed by atoms with Crippen molar-refractivity contribution in [2.75, 3.05) is 0 Å². The second-order valence-electron chi connectivity index (χ2n) is 7.23. The molecule has 5 nitrogen and oxygen atoms in total. The second-order valence-corrected chi connectivity index (χ2v) is 8.14. The molecule has 3 aromatic carbocycles. The first-order chi connectivity index (χ1) is 15.1. The van der Waals surface area contributed by atoms with E-state index in [4.69, 9.17) is 9.72 Å². The van der Waals surface area contributed by atoms with Gasteiger partial charge in [0.05, 0.1) is 11.2 Å². The molecule has 0 unspecified atom stereocenters. The van der Waals surface area contributed by atoms with E-state index in [0.717, 1.165) is 37.8 Å². The summed E-state index contributed by atoms with van der Waals surface area (Å²) in [5.41, 5.74) is 4.30. The summed E-state index contributed by atoms with van der Waals surface area (Å²) in [7, 11) is 0. The number of benzene rings is 3. The molecule has 0 saturated carbocycles. The van der Waals surface area contributed by atoms with Gasteiger partial charge in [0.1, 0.15) is 0 Å². The Morgan fingerprint density at radius 2 is 1.65 bits per heavy atom. The van der Waals surface area contributed by atoms with Crippen LogP contribution < -0.4 is 0 Å². The number of nitrogens with zero attached hydrogens (tertiary/aromatic N) is 3. The number of amides is 1. The number of carbonyl (C=O) groups is 1. The Bertz CT molecular complexity index is 1300. The predicted octanol–water partition coefficient (Wildman–Crippen LogP) is 5.90. The molecule has 6 heteroatoms. The van der Waals surface area contributed by atoms with Gasteiger partial charge in [-0.05, 0) is 36.4 Å². The second kappa shape index (κ2) is 7.96. The summed E-state index contributed by atoms with van der Waals surface area (Å²) in [6, 6.07) is 27.5. The van der Waals surface area contributed by atoms with Crippen molar-refractivity contribution in [3.8, 4) is 11.3 Å². The molecule has 31 heavy (non-hydrogen) atoms. The molecule has 1 amide bonds. The Morgan fingerprint density at radius 3 is 2.39 bits per heavy atom. The normalized spacial score (nSPS) is 15.6. The molecule has 0 aliphatic carbocycles. The first kappa shape index (κ1) is 19.5. The lowest BCUT2D eigenvalue weighted by molar-refractivity contribution is -0.135. The van der Waals surface area contributed by atoms with E-state index in [1.165, 1.54) is 11.9 Å². The van der Waals surface area contributed by atoms with Gasteiger partial charge in [0.25, 0.3) is 0 Å². The fourth-order valence-electron chi connectivity index (χ4n) is 3.64. The molecule has 152 valence electrons. The number of halogens is 1. The maximum atomic E-state index is 12.5. The van der Waals surface area contributed by atoms with Crippen molar-refractivity contribution in [1.29, 1.82) is 0 Å². The minimum absolute atomic E-state index is 0.195. The summed E-state index contributed by atoms with van der Waals surface area (Å²) in [4.78, 5) is 17.3. The van der Waals surface area contributed by atoms with Gasteiger partial charge in [-0.3, -0.25) is 4.79 Å². The van der Waals surface area contributed by atoms with Gasteiger partial charge in [-0.2, -0.15) is 5.01 Å². The molecule has 0 radical (unpaired) electrons. The lowest BCUT2D eigenvalue weighted by atomic mass is 10.0. The molecule has 0 bridgehead atoms. The maximum absolute atomic E-state index is 12.5. The van der Waals surface area contributed by atoms with Gasteiger partial charge in [0.15, 0.2) is 0 Å². The first-order valence-corrected chi connectivity index (χ1v) is 10.7. The van der Waals surface area contributed by atoms with Crippen LogP contribution in [-0.2, 0) is 9.53 Å². The summed E-state index contributed by atoms with van der Waals surface area (Å²) in [5, 5.41) is 6.82. The highest BCUT2D eigenvalue weighted by Gasteiger charge is 2.34. The number of carbonyl (C=O) groups excluding carboxylic acids is 1. The van der Waals surface area contributed by atoms with Gasteiger partial charge in [-0.25, -0.2) is 4.98 Å². The zero-order valence-corrected chi connectivity index (χ0v) is 18.3. The number of aromatic nitrogens is 1. The molecule has 1 atom stereocenters. The third-order valence-corrected chi connectivity index (χ3v) is 5.67. The smallest absolute Gasteiger partial charge is 0.243 e. The van der Waals surface area contributed by atoms with Crippen molar-refractivity contribution in [2.45, 2.75) is 13.2 Å². The lowest BCUT2D eigenvalue weighted by Crippen LogP contribution is -2.25. The number of hydrazone groups is 1. The quantitative estimate of drug-likeness (QED) is 0.373. The van der Waals surface area contributed by atoms with Crippen LogP contribution in [0.15, 0.2) is 94.5 Å². The monoisotopic (exact) mass is 471 g/mol. The number of hydrogen-bond acceptors (Lipinski definition) is 4. The number of ether oxygens (including phenoxy) is 1. The highest BCUT2D eigenvalue weighted by atomic mass is 79.9. The van der Waals surface area contributed by atoms with E-state index < -0.39 is 6.23 Å². The largest absolute Gasteiger partial charge is 0.446 e. The van der Waals surface area contributed by atoms with Crippen molar-refractivity contribution < 1.29 is 9.53 Å². The molecular weight excluding hydrogens is 454 g/mol. The fraction of sp³-hybridized carbons (Fsp3) is 0.0800. The zero-order chi connectivity index (χ0) is 21.4. The van der Waals surface area contributed by atoms with Gasteiger partial charge in [-0.15, -0.1) is 5.10 Å². The average Bonchev–Trinajstić information content (AvgIpc) is 3.25. The zero-order valence-electron chi connectivity index (χ0n) is 16.7. The molecule has 5 rings (SSSR count). The Kier molecular flexibility index (Phi) is 5.00. The van der Waals surface area contributed by atoms with Crippen LogP contribution in [0.5, 0.6) is 0 Å².